The minimum atomic E-state index is -0.769. The van der Waals surface area contributed by atoms with E-state index in [0.29, 0.717) is 13.0 Å². The van der Waals surface area contributed by atoms with Gasteiger partial charge in [-0.1, -0.05) is 5.16 Å². The molecule has 10 heteroatoms. The van der Waals surface area contributed by atoms with Crippen LogP contribution in [-0.4, -0.2) is 85.8 Å². The fourth-order valence-electron chi connectivity index (χ4n) is 5.04. The van der Waals surface area contributed by atoms with Crippen LogP contribution in [0, 0.1) is 0 Å². The van der Waals surface area contributed by atoms with Gasteiger partial charge in [-0.05, 0) is 41.5 Å². The van der Waals surface area contributed by atoms with Crippen LogP contribution < -0.4 is 0 Å². The lowest BCUT2D eigenvalue weighted by molar-refractivity contribution is -0.238. The van der Waals surface area contributed by atoms with E-state index in [4.69, 9.17) is 42.7 Å². The lowest BCUT2D eigenvalue weighted by Gasteiger charge is -2.26. The summed E-state index contributed by atoms with van der Waals surface area (Å²) in [5, 5.41) is 4.37. The number of oxime groups is 1. The van der Waals surface area contributed by atoms with Crippen LogP contribution in [0.15, 0.2) is 5.16 Å². The fraction of sp³-hybridized carbons (Fsp3) is 0.952. The number of hydrogen-bond donors (Lipinski definition) is 0. The van der Waals surface area contributed by atoms with E-state index in [1.54, 1.807) is 7.11 Å². The Balaban J connectivity index is 1.29. The average Bonchev–Trinajstić information content (AvgIpc) is 3.43. The maximum atomic E-state index is 6.21. The summed E-state index contributed by atoms with van der Waals surface area (Å²) in [6.07, 6.45) is -2.37. The zero-order valence-electron chi connectivity index (χ0n) is 19.2. The van der Waals surface area contributed by atoms with Crippen molar-refractivity contribution in [1.29, 1.82) is 0 Å². The summed E-state index contributed by atoms with van der Waals surface area (Å²) in [5.41, 5.74) is 0.757. The molecule has 5 aliphatic rings. The first kappa shape index (κ1) is 22.0. The largest absolute Gasteiger partial charge is 0.389 e. The molecule has 10 nitrogen and oxygen atoms in total. The minimum Gasteiger partial charge on any atom is -0.389 e. The molecule has 4 fully saturated rings. The number of nitrogens with zero attached hydrogens (tertiary/aromatic N) is 1. The lowest BCUT2D eigenvalue weighted by Crippen LogP contribution is -2.43. The van der Waals surface area contributed by atoms with E-state index in [1.807, 2.05) is 41.5 Å². The van der Waals surface area contributed by atoms with Crippen molar-refractivity contribution in [1.82, 2.24) is 0 Å². The molecule has 0 unspecified atom stereocenters. The Bertz CT molecular complexity index is 738. The number of fused-ring (bicyclic) bond motifs is 1. The van der Waals surface area contributed by atoms with Crippen LogP contribution in [0.2, 0.25) is 0 Å². The quantitative estimate of drug-likeness (QED) is 0.643. The molecule has 0 amide bonds. The standard InChI is InChI=1S/C21H33NO9/c1-19(2)24-9-12(26-19)15-13(27-20(3,4)28-15)10-8-11(31-22-10)14-16-17(18(23-7)25-14)30-21(5,6)29-16/h11-18H,8-9H2,1-7H3/t11-,12+,13+,14-,15+,16+,17+,18+/m1/s1. The van der Waals surface area contributed by atoms with Gasteiger partial charge < -0.3 is 42.7 Å². The average molecular weight is 443 g/mol. The Morgan fingerprint density at radius 2 is 1.45 bits per heavy atom. The van der Waals surface area contributed by atoms with Gasteiger partial charge in [0.25, 0.3) is 0 Å². The molecule has 0 radical (unpaired) electrons. The van der Waals surface area contributed by atoms with Gasteiger partial charge in [0.15, 0.2) is 29.8 Å². The van der Waals surface area contributed by atoms with Crippen LogP contribution in [0.1, 0.15) is 48.0 Å². The second kappa shape index (κ2) is 7.33. The van der Waals surface area contributed by atoms with Gasteiger partial charge in [0.1, 0.15) is 36.6 Å². The summed E-state index contributed by atoms with van der Waals surface area (Å²) in [7, 11) is 1.60. The van der Waals surface area contributed by atoms with Crippen molar-refractivity contribution in [3.63, 3.8) is 0 Å². The van der Waals surface area contributed by atoms with Crippen molar-refractivity contribution in [3.8, 4) is 0 Å². The third-order valence-corrected chi connectivity index (χ3v) is 6.22. The highest BCUT2D eigenvalue weighted by molar-refractivity contribution is 5.90. The molecule has 4 saturated heterocycles. The SMILES string of the molecule is CO[C@H]1O[C@H]([C@H]2CC([C@@H]3OC(C)(C)O[C@H]3[C@@H]3COC(C)(C)O3)=NO2)[C@@H]2OC(C)(C)O[C@H]12. The van der Waals surface area contributed by atoms with Gasteiger partial charge in [-0.25, -0.2) is 0 Å². The van der Waals surface area contributed by atoms with E-state index in [-0.39, 0.29) is 36.6 Å². The molecule has 0 aromatic rings. The van der Waals surface area contributed by atoms with Crippen LogP contribution in [0.25, 0.3) is 0 Å². The zero-order valence-corrected chi connectivity index (χ0v) is 19.2. The van der Waals surface area contributed by atoms with Crippen molar-refractivity contribution in [2.75, 3.05) is 13.7 Å². The zero-order chi connectivity index (χ0) is 22.2. The summed E-state index contributed by atoms with van der Waals surface area (Å²) in [5.74, 6) is -2.13. The number of hydrogen-bond acceptors (Lipinski definition) is 10. The van der Waals surface area contributed by atoms with Crippen LogP contribution >= 0.6 is 0 Å². The van der Waals surface area contributed by atoms with E-state index in [2.05, 4.69) is 5.16 Å². The smallest absolute Gasteiger partial charge is 0.186 e. The molecule has 0 saturated carbocycles. The first-order valence-corrected chi connectivity index (χ1v) is 10.9. The summed E-state index contributed by atoms with van der Waals surface area (Å²) >= 11 is 0. The van der Waals surface area contributed by atoms with E-state index in [1.165, 1.54) is 0 Å². The summed E-state index contributed by atoms with van der Waals surface area (Å²) < 4.78 is 47.8. The normalized spacial score (nSPS) is 47.4. The van der Waals surface area contributed by atoms with Gasteiger partial charge in [-0.3, -0.25) is 0 Å². The molecule has 31 heavy (non-hydrogen) atoms. The van der Waals surface area contributed by atoms with Gasteiger partial charge in [-0.2, -0.15) is 0 Å². The van der Waals surface area contributed by atoms with E-state index >= 15 is 0 Å². The van der Waals surface area contributed by atoms with Crippen LogP contribution in [-0.2, 0) is 42.7 Å². The first-order chi connectivity index (χ1) is 14.5. The topological polar surface area (TPSA) is 95.4 Å². The third-order valence-electron chi connectivity index (χ3n) is 6.22. The molecule has 176 valence electrons. The van der Waals surface area contributed by atoms with Crippen molar-refractivity contribution in [2.24, 2.45) is 5.16 Å². The molecule has 5 rings (SSSR count). The Morgan fingerprint density at radius 1 is 0.774 bits per heavy atom. The molecule has 0 aromatic carbocycles. The highest BCUT2D eigenvalue weighted by Crippen LogP contribution is 2.43. The number of ether oxygens (including phenoxy) is 8. The van der Waals surface area contributed by atoms with Crippen molar-refractivity contribution < 1.29 is 42.7 Å². The van der Waals surface area contributed by atoms with Gasteiger partial charge in [0.05, 0.1) is 12.3 Å². The Morgan fingerprint density at radius 3 is 2.13 bits per heavy atom. The maximum Gasteiger partial charge on any atom is 0.186 e. The number of rotatable bonds is 4. The lowest BCUT2D eigenvalue weighted by atomic mass is 9.96. The van der Waals surface area contributed by atoms with Crippen LogP contribution in [0.4, 0.5) is 0 Å². The van der Waals surface area contributed by atoms with Gasteiger partial charge >= 0.3 is 0 Å². The summed E-state index contributed by atoms with van der Waals surface area (Å²) in [6.45, 7) is 11.7. The molecule has 0 N–H and O–H groups in total. The minimum absolute atomic E-state index is 0.263. The Kier molecular flexibility index (Phi) is 5.19. The summed E-state index contributed by atoms with van der Waals surface area (Å²) in [4.78, 5) is 5.82. The third kappa shape index (κ3) is 4.02. The van der Waals surface area contributed by atoms with Gasteiger partial charge in [0.2, 0.25) is 0 Å². The molecule has 0 aliphatic carbocycles. The van der Waals surface area contributed by atoms with Gasteiger partial charge in [0, 0.05) is 13.5 Å². The second-order valence-electron chi connectivity index (χ2n) is 10.1. The fourth-order valence-corrected chi connectivity index (χ4v) is 5.04. The van der Waals surface area contributed by atoms with Gasteiger partial charge in [-0.15, -0.1) is 0 Å². The molecule has 0 aromatic heterocycles. The first-order valence-electron chi connectivity index (χ1n) is 10.9. The van der Waals surface area contributed by atoms with E-state index in [9.17, 15) is 0 Å². The monoisotopic (exact) mass is 443 g/mol. The molecule has 8 atom stereocenters. The van der Waals surface area contributed by atoms with E-state index < -0.39 is 29.8 Å². The highest BCUT2D eigenvalue weighted by Gasteiger charge is 2.60. The maximum absolute atomic E-state index is 6.21. The predicted octanol–water partition coefficient (Wildman–Crippen LogP) is 1.69. The van der Waals surface area contributed by atoms with Crippen LogP contribution in [0.3, 0.4) is 0 Å². The molecule has 0 spiro atoms. The summed E-state index contributed by atoms with van der Waals surface area (Å²) in [6, 6.07) is 0. The number of methoxy groups -OCH3 is 1. The highest BCUT2D eigenvalue weighted by atomic mass is 16.8. The van der Waals surface area contributed by atoms with E-state index in [0.717, 1.165) is 5.71 Å². The molecular formula is C21H33NO9. The molecular weight excluding hydrogens is 410 g/mol. The van der Waals surface area contributed by atoms with Crippen molar-refractivity contribution in [3.05, 3.63) is 0 Å². The molecule has 5 heterocycles. The van der Waals surface area contributed by atoms with Crippen molar-refractivity contribution >= 4 is 5.71 Å². The second-order valence-corrected chi connectivity index (χ2v) is 10.1. The predicted molar refractivity (Wildman–Crippen MR) is 105 cm³/mol. The van der Waals surface area contributed by atoms with Crippen LogP contribution in [0.5, 0.6) is 0 Å². The molecule has 5 aliphatic heterocycles. The Labute approximate surface area is 182 Å². The Hall–Kier alpha value is -0.850. The molecule has 0 bridgehead atoms. The van der Waals surface area contributed by atoms with Crippen molar-refractivity contribution in [2.45, 2.75) is 114 Å².